The molecule has 1 rings (SSSR count). The molecule has 0 spiro atoms. The maximum Gasteiger partial charge on any atom is 0.166 e. The van der Waals surface area contributed by atoms with E-state index in [0.29, 0.717) is 6.61 Å². The second-order valence-electron chi connectivity index (χ2n) is 4.48. The second-order valence-corrected chi connectivity index (χ2v) is 4.48. The molecule has 0 atom stereocenters. The van der Waals surface area contributed by atoms with E-state index in [0.717, 1.165) is 11.5 Å². The molecule has 3 radical (unpaired) electrons. The predicted octanol–water partition coefficient (Wildman–Crippen LogP) is 3.79. The summed E-state index contributed by atoms with van der Waals surface area (Å²) in [5.41, 5.74) is 1.09. The molecule has 0 N–H and O–H groups in total. The molecule has 1 aromatic carbocycles. The number of carbonyl (C=O) groups excluding carboxylic acids is 1. The first-order chi connectivity index (χ1) is 9.15. The highest BCUT2D eigenvalue weighted by molar-refractivity contribution is 6.02. The smallest absolute Gasteiger partial charge is 0.166 e. The van der Waals surface area contributed by atoms with E-state index in [-0.39, 0.29) is 11.7 Å². The minimum atomic E-state index is -0.00405. The van der Waals surface area contributed by atoms with Gasteiger partial charge in [-0.1, -0.05) is 44.2 Å². The number of rotatable bonds is 8. The van der Waals surface area contributed by atoms with Crippen molar-refractivity contribution in [3.63, 3.8) is 0 Å². The molecule has 0 aliphatic carbocycles. The summed E-state index contributed by atoms with van der Waals surface area (Å²) in [5, 5.41) is 0. The first-order valence-electron chi connectivity index (χ1n) is 6.57. The Bertz CT molecular complexity index is 393. The van der Waals surface area contributed by atoms with Crippen molar-refractivity contribution in [2.45, 2.75) is 20.8 Å². The van der Waals surface area contributed by atoms with Crippen LogP contribution in [0.5, 0.6) is 0 Å². The van der Waals surface area contributed by atoms with E-state index in [1.54, 1.807) is 0 Å². The van der Waals surface area contributed by atoms with Crippen LogP contribution in [0.4, 0.5) is 0 Å². The molecule has 0 unspecified atom stereocenters. The molecule has 0 bridgehead atoms. The number of ether oxygens (including phenoxy) is 1. The van der Waals surface area contributed by atoms with Crippen molar-refractivity contribution >= 4 is 5.78 Å². The van der Waals surface area contributed by atoms with Gasteiger partial charge in [0.2, 0.25) is 0 Å². The molecule has 2 nitrogen and oxygen atoms in total. The minimum absolute atomic E-state index is 0.00405. The molecule has 1 aromatic rings. The summed E-state index contributed by atoms with van der Waals surface area (Å²) in [4.78, 5) is 12.0. The zero-order valence-electron chi connectivity index (χ0n) is 11.8. The van der Waals surface area contributed by atoms with E-state index < -0.39 is 0 Å². The topological polar surface area (TPSA) is 26.3 Å². The first kappa shape index (κ1) is 15.5. The molecule has 0 saturated carbocycles. The van der Waals surface area contributed by atoms with Crippen molar-refractivity contribution in [2.75, 3.05) is 6.61 Å². The monoisotopic (exact) mass is 257 g/mol. The average Bonchev–Trinajstić information content (AvgIpc) is 2.40. The highest BCUT2D eigenvalue weighted by Gasteiger charge is 2.21. The van der Waals surface area contributed by atoms with Gasteiger partial charge in [0.25, 0.3) is 0 Å². The van der Waals surface area contributed by atoms with Crippen LogP contribution in [0.25, 0.3) is 0 Å². The maximum absolute atomic E-state index is 12.0. The third-order valence-corrected chi connectivity index (χ3v) is 2.64. The molecule has 0 saturated heterocycles. The van der Waals surface area contributed by atoms with Gasteiger partial charge in [0.15, 0.2) is 5.78 Å². The Hall–Kier alpha value is -1.57. The Morgan fingerprint density at radius 1 is 1.26 bits per heavy atom. The fourth-order valence-corrected chi connectivity index (χ4v) is 1.61. The van der Waals surface area contributed by atoms with Crippen molar-refractivity contribution in [1.29, 1.82) is 0 Å². The van der Waals surface area contributed by atoms with E-state index in [4.69, 9.17) is 4.74 Å². The number of benzene rings is 1. The zero-order chi connectivity index (χ0) is 14.1. The SMILES string of the molecule is CCOC=CC(=O)[C]([CH][CH]c1ccccc1)C(C)C. The van der Waals surface area contributed by atoms with Crippen molar-refractivity contribution in [3.05, 3.63) is 67.0 Å². The minimum Gasteiger partial charge on any atom is -0.501 e. The number of hydrogen-bond acceptors (Lipinski definition) is 2. The Morgan fingerprint density at radius 2 is 1.95 bits per heavy atom. The van der Waals surface area contributed by atoms with Crippen LogP contribution in [0, 0.1) is 24.7 Å². The van der Waals surface area contributed by atoms with Crippen molar-refractivity contribution < 1.29 is 9.53 Å². The van der Waals surface area contributed by atoms with Crippen LogP contribution in [-0.2, 0) is 9.53 Å². The van der Waals surface area contributed by atoms with Crippen LogP contribution in [-0.4, -0.2) is 12.4 Å². The largest absolute Gasteiger partial charge is 0.501 e. The van der Waals surface area contributed by atoms with Gasteiger partial charge in [-0.05, 0) is 31.2 Å². The lowest BCUT2D eigenvalue weighted by Gasteiger charge is -2.16. The molecule has 0 heterocycles. The Morgan fingerprint density at radius 3 is 2.53 bits per heavy atom. The van der Waals surface area contributed by atoms with Crippen LogP contribution in [0.2, 0.25) is 0 Å². The highest BCUT2D eigenvalue weighted by Crippen LogP contribution is 2.22. The predicted molar refractivity (Wildman–Crippen MR) is 78.0 cm³/mol. The third-order valence-electron chi connectivity index (χ3n) is 2.64. The Balaban J connectivity index is 2.55. The number of allylic oxidation sites excluding steroid dienone is 1. The van der Waals surface area contributed by atoms with Gasteiger partial charge in [-0.3, -0.25) is 4.79 Å². The van der Waals surface area contributed by atoms with Gasteiger partial charge >= 0.3 is 0 Å². The van der Waals surface area contributed by atoms with Gasteiger partial charge in [-0.25, -0.2) is 0 Å². The molecule has 101 valence electrons. The quantitative estimate of drug-likeness (QED) is 0.523. The van der Waals surface area contributed by atoms with Gasteiger partial charge in [0, 0.05) is 6.08 Å². The second kappa shape index (κ2) is 8.52. The fraction of sp³-hybridized carbons (Fsp3) is 0.294. The van der Waals surface area contributed by atoms with Crippen LogP contribution in [0.1, 0.15) is 26.3 Å². The van der Waals surface area contributed by atoms with Gasteiger partial charge in [0.05, 0.1) is 18.8 Å². The lowest BCUT2D eigenvalue weighted by atomic mass is 9.86. The molecule has 0 amide bonds. The summed E-state index contributed by atoms with van der Waals surface area (Å²) in [6, 6.07) is 9.95. The highest BCUT2D eigenvalue weighted by atomic mass is 16.5. The van der Waals surface area contributed by atoms with Crippen molar-refractivity contribution in [3.8, 4) is 0 Å². The van der Waals surface area contributed by atoms with Crippen LogP contribution >= 0.6 is 0 Å². The maximum atomic E-state index is 12.0. The summed E-state index contributed by atoms with van der Waals surface area (Å²) in [6.07, 6.45) is 6.79. The normalized spacial score (nSPS) is 11.4. The molecule has 0 aliphatic rings. The van der Waals surface area contributed by atoms with Gasteiger partial charge in [-0.15, -0.1) is 0 Å². The summed E-state index contributed by atoms with van der Waals surface area (Å²) >= 11 is 0. The zero-order valence-corrected chi connectivity index (χ0v) is 11.8. The van der Waals surface area contributed by atoms with E-state index in [2.05, 4.69) is 0 Å². The summed E-state index contributed by atoms with van der Waals surface area (Å²) in [7, 11) is 0. The van der Waals surface area contributed by atoms with E-state index in [9.17, 15) is 4.79 Å². The fourth-order valence-electron chi connectivity index (χ4n) is 1.61. The molecule has 0 aliphatic heterocycles. The van der Waals surface area contributed by atoms with Crippen LogP contribution < -0.4 is 0 Å². The molecule has 0 aromatic heterocycles. The van der Waals surface area contributed by atoms with E-state index in [1.165, 1.54) is 12.3 Å². The molecule has 2 heteroatoms. The van der Waals surface area contributed by atoms with Crippen molar-refractivity contribution in [1.82, 2.24) is 0 Å². The lowest BCUT2D eigenvalue weighted by molar-refractivity contribution is -0.113. The number of carbonyl (C=O) groups is 1. The Labute approximate surface area is 116 Å². The molecule has 19 heavy (non-hydrogen) atoms. The molecule has 0 fully saturated rings. The molecular weight excluding hydrogens is 236 g/mol. The third kappa shape index (κ3) is 5.73. The average molecular weight is 257 g/mol. The summed E-state index contributed by atoms with van der Waals surface area (Å²) < 4.78 is 5.06. The van der Waals surface area contributed by atoms with Crippen molar-refractivity contribution in [2.24, 2.45) is 5.92 Å². The van der Waals surface area contributed by atoms with Gasteiger partial charge in [0.1, 0.15) is 0 Å². The number of ketones is 1. The lowest BCUT2D eigenvalue weighted by Crippen LogP contribution is -2.17. The number of hydrogen-bond donors (Lipinski definition) is 0. The van der Waals surface area contributed by atoms with Crippen LogP contribution in [0.15, 0.2) is 42.7 Å². The van der Waals surface area contributed by atoms with E-state index >= 15 is 0 Å². The van der Waals surface area contributed by atoms with Gasteiger partial charge < -0.3 is 4.74 Å². The van der Waals surface area contributed by atoms with Crippen LogP contribution in [0.3, 0.4) is 0 Å². The summed E-state index contributed by atoms with van der Waals surface area (Å²) in [5.74, 6) is 0.953. The van der Waals surface area contributed by atoms with Gasteiger partial charge in [-0.2, -0.15) is 0 Å². The standard InChI is InChI=1S/C17H21O2/c1-4-19-13-12-17(18)16(14(2)3)11-10-15-8-6-5-7-9-15/h5-14H,4H2,1-3H3. The summed E-state index contributed by atoms with van der Waals surface area (Å²) in [6.45, 7) is 6.48. The molecular formula is C17H21O2. The first-order valence-corrected chi connectivity index (χ1v) is 6.57. The Kier molecular flexibility index (Phi) is 6.94. The van der Waals surface area contributed by atoms with E-state index in [1.807, 2.05) is 63.9 Å².